The lowest BCUT2D eigenvalue weighted by atomic mass is 10.0. The van der Waals surface area contributed by atoms with Gasteiger partial charge in [0, 0.05) is 10.6 Å². The highest BCUT2D eigenvalue weighted by Gasteiger charge is 2.47. The van der Waals surface area contributed by atoms with E-state index in [-0.39, 0.29) is 24.9 Å². The van der Waals surface area contributed by atoms with Crippen molar-refractivity contribution in [1.29, 1.82) is 0 Å². The Bertz CT molecular complexity index is 1100. The lowest BCUT2D eigenvalue weighted by Gasteiger charge is -2.41. The molecule has 0 aromatic heterocycles. The van der Waals surface area contributed by atoms with Crippen LogP contribution in [0.3, 0.4) is 0 Å². The van der Waals surface area contributed by atoms with Gasteiger partial charge in [-0.1, -0.05) is 30.3 Å². The van der Waals surface area contributed by atoms with E-state index in [4.69, 9.17) is 0 Å². The quantitative estimate of drug-likeness (QED) is 0.637. The highest BCUT2D eigenvalue weighted by molar-refractivity contribution is 8.03. The molecule has 2 unspecified atom stereocenters. The molecule has 8 heteroatoms. The third kappa shape index (κ3) is 4.56. The van der Waals surface area contributed by atoms with Crippen molar-refractivity contribution in [2.75, 3.05) is 18.1 Å². The van der Waals surface area contributed by atoms with E-state index in [0.29, 0.717) is 5.69 Å². The van der Waals surface area contributed by atoms with Gasteiger partial charge in [-0.05, 0) is 60.4 Å². The zero-order chi connectivity index (χ0) is 22.8. The van der Waals surface area contributed by atoms with Crippen LogP contribution < -0.4 is 5.32 Å². The van der Waals surface area contributed by atoms with E-state index in [0.717, 1.165) is 21.6 Å². The van der Waals surface area contributed by atoms with E-state index in [1.807, 2.05) is 74.1 Å². The average Bonchev–Trinajstić information content (AvgIpc) is 3.27. The fourth-order valence-electron chi connectivity index (χ4n) is 3.85. The van der Waals surface area contributed by atoms with Gasteiger partial charge in [-0.2, -0.15) is 0 Å². The molecule has 2 aliphatic heterocycles. The summed E-state index contributed by atoms with van der Waals surface area (Å²) in [5.74, 6) is -0.501. The standard InChI is InChI=1S/C24H25N3O3S2/c1-15-7-8-17(11-16(15)2)13-27-23(29)22-20(9-10-32-22)26(24(27)30)14-21(28)25-18-5-4-6-19(12-18)31-3/h4-12,20,22H,13-14H2,1-3H3,(H,25,28). The molecule has 4 rings (SSSR count). The fraction of sp³-hybridized carbons (Fsp3) is 0.292. The fourth-order valence-corrected chi connectivity index (χ4v) is 5.38. The van der Waals surface area contributed by atoms with E-state index in [2.05, 4.69) is 5.32 Å². The number of anilines is 1. The van der Waals surface area contributed by atoms with Gasteiger partial charge in [0.25, 0.3) is 0 Å². The second-order valence-corrected chi connectivity index (χ2v) is 9.84. The molecule has 0 saturated carbocycles. The molecule has 1 N–H and O–H groups in total. The summed E-state index contributed by atoms with van der Waals surface area (Å²) < 4.78 is 0. The second kappa shape index (κ2) is 9.42. The van der Waals surface area contributed by atoms with Crippen molar-refractivity contribution in [2.45, 2.75) is 36.6 Å². The second-order valence-electron chi connectivity index (χ2n) is 7.91. The number of thioether (sulfide) groups is 2. The molecule has 4 amide bonds. The minimum Gasteiger partial charge on any atom is -0.325 e. The van der Waals surface area contributed by atoms with E-state index in [1.165, 1.54) is 21.6 Å². The Kier molecular flexibility index (Phi) is 6.62. The summed E-state index contributed by atoms with van der Waals surface area (Å²) in [5.41, 5.74) is 3.84. The van der Waals surface area contributed by atoms with Crippen LogP contribution in [-0.2, 0) is 16.1 Å². The number of nitrogens with one attached hydrogen (secondary N) is 1. The number of carbonyl (C=O) groups excluding carboxylic acids is 3. The summed E-state index contributed by atoms with van der Waals surface area (Å²) in [7, 11) is 0. The molecule has 1 saturated heterocycles. The first-order valence-electron chi connectivity index (χ1n) is 10.3. The number of hydrogen-bond acceptors (Lipinski definition) is 5. The molecule has 2 aromatic carbocycles. The summed E-state index contributed by atoms with van der Waals surface area (Å²) >= 11 is 2.99. The molecule has 0 spiro atoms. The molecule has 1 fully saturated rings. The Morgan fingerprint density at radius 3 is 2.69 bits per heavy atom. The summed E-state index contributed by atoms with van der Waals surface area (Å²) in [5, 5.41) is 4.29. The number of fused-ring (bicyclic) bond motifs is 1. The first kappa shape index (κ1) is 22.5. The lowest BCUT2D eigenvalue weighted by Crippen LogP contribution is -2.62. The normalized spacial score (nSPS) is 20.0. The van der Waals surface area contributed by atoms with E-state index >= 15 is 0 Å². The highest BCUT2D eigenvalue weighted by atomic mass is 32.2. The zero-order valence-corrected chi connectivity index (χ0v) is 19.8. The molecule has 0 radical (unpaired) electrons. The predicted octanol–water partition coefficient (Wildman–Crippen LogP) is 4.43. The number of carbonyl (C=O) groups is 3. The van der Waals surface area contributed by atoms with Crippen molar-refractivity contribution in [3.63, 3.8) is 0 Å². The van der Waals surface area contributed by atoms with Crippen molar-refractivity contribution < 1.29 is 14.4 Å². The van der Waals surface area contributed by atoms with E-state index < -0.39 is 17.3 Å². The maximum atomic E-state index is 13.3. The van der Waals surface area contributed by atoms with Gasteiger partial charge in [-0.15, -0.1) is 23.5 Å². The number of rotatable bonds is 6. The van der Waals surface area contributed by atoms with Gasteiger partial charge in [0.1, 0.15) is 11.8 Å². The van der Waals surface area contributed by atoms with Gasteiger partial charge in [0.15, 0.2) is 0 Å². The van der Waals surface area contributed by atoms with Crippen molar-refractivity contribution in [3.8, 4) is 0 Å². The smallest absolute Gasteiger partial charge is 0.325 e. The molecule has 0 bridgehead atoms. The average molecular weight is 468 g/mol. The maximum absolute atomic E-state index is 13.3. The Morgan fingerprint density at radius 1 is 1.12 bits per heavy atom. The number of amides is 4. The van der Waals surface area contributed by atoms with E-state index in [1.54, 1.807) is 11.8 Å². The minimum atomic E-state index is -0.436. The molecule has 6 nitrogen and oxygen atoms in total. The Labute approximate surface area is 196 Å². The summed E-state index contributed by atoms with van der Waals surface area (Å²) in [4.78, 5) is 43.0. The van der Waals surface area contributed by atoms with Crippen LogP contribution >= 0.6 is 23.5 Å². The van der Waals surface area contributed by atoms with Gasteiger partial charge in [0.05, 0.1) is 12.6 Å². The number of nitrogens with zero attached hydrogens (tertiary/aromatic N) is 2. The van der Waals surface area contributed by atoms with Crippen LogP contribution in [0.4, 0.5) is 10.5 Å². The first-order chi connectivity index (χ1) is 15.4. The monoisotopic (exact) mass is 467 g/mol. The summed E-state index contributed by atoms with van der Waals surface area (Å²) in [6.07, 6.45) is 3.80. The van der Waals surface area contributed by atoms with Crippen LogP contribution in [0.1, 0.15) is 16.7 Å². The molecule has 32 heavy (non-hydrogen) atoms. The van der Waals surface area contributed by atoms with Crippen molar-refractivity contribution in [3.05, 3.63) is 70.6 Å². The van der Waals surface area contributed by atoms with Crippen molar-refractivity contribution in [1.82, 2.24) is 9.80 Å². The molecule has 2 heterocycles. The topological polar surface area (TPSA) is 69.7 Å². The summed E-state index contributed by atoms with van der Waals surface area (Å²) in [6, 6.07) is 12.6. The molecular formula is C24H25N3O3S2. The molecule has 2 aliphatic rings. The van der Waals surface area contributed by atoms with Crippen LogP contribution in [0.2, 0.25) is 0 Å². The number of aryl methyl sites for hydroxylation is 2. The van der Waals surface area contributed by atoms with Gasteiger partial charge in [-0.3, -0.25) is 14.5 Å². The van der Waals surface area contributed by atoms with Crippen LogP contribution in [-0.4, -0.2) is 51.7 Å². The Balaban J connectivity index is 1.52. The SMILES string of the molecule is CSc1cccc(NC(=O)CN2C(=O)N(Cc3ccc(C)c(C)c3)C(=O)C3SC=CC32)c1. The van der Waals surface area contributed by atoms with Gasteiger partial charge in [0.2, 0.25) is 11.8 Å². The maximum Gasteiger partial charge on any atom is 0.328 e. The van der Waals surface area contributed by atoms with Crippen LogP contribution in [0.25, 0.3) is 0 Å². The third-order valence-electron chi connectivity index (χ3n) is 5.74. The number of hydrogen-bond donors (Lipinski definition) is 1. The Morgan fingerprint density at radius 2 is 1.94 bits per heavy atom. The third-order valence-corrected chi connectivity index (χ3v) is 7.55. The van der Waals surface area contributed by atoms with Crippen molar-refractivity contribution in [2.24, 2.45) is 0 Å². The largest absolute Gasteiger partial charge is 0.328 e. The van der Waals surface area contributed by atoms with Gasteiger partial charge < -0.3 is 10.2 Å². The number of benzene rings is 2. The van der Waals surface area contributed by atoms with Crippen LogP contribution in [0.5, 0.6) is 0 Å². The Hall–Kier alpha value is -2.71. The predicted molar refractivity (Wildman–Crippen MR) is 130 cm³/mol. The number of urea groups is 1. The first-order valence-corrected chi connectivity index (χ1v) is 12.5. The summed E-state index contributed by atoms with van der Waals surface area (Å²) in [6.45, 7) is 4.10. The van der Waals surface area contributed by atoms with Crippen LogP contribution in [0.15, 0.2) is 58.8 Å². The van der Waals surface area contributed by atoms with Gasteiger partial charge >= 0.3 is 6.03 Å². The number of imide groups is 1. The van der Waals surface area contributed by atoms with Crippen LogP contribution in [0, 0.1) is 13.8 Å². The molecular weight excluding hydrogens is 442 g/mol. The molecule has 0 aliphatic carbocycles. The molecule has 2 aromatic rings. The zero-order valence-electron chi connectivity index (χ0n) is 18.2. The molecule has 166 valence electrons. The molecule has 2 atom stereocenters. The van der Waals surface area contributed by atoms with Crippen molar-refractivity contribution >= 4 is 47.1 Å². The minimum absolute atomic E-state index is 0.120. The van der Waals surface area contributed by atoms with E-state index in [9.17, 15) is 14.4 Å². The highest BCUT2D eigenvalue weighted by Crippen LogP contribution is 2.35. The van der Waals surface area contributed by atoms with Gasteiger partial charge in [-0.25, -0.2) is 4.79 Å². The lowest BCUT2D eigenvalue weighted by molar-refractivity contribution is -0.132.